The van der Waals surface area contributed by atoms with Crippen LogP contribution in [0.2, 0.25) is 0 Å². The Morgan fingerprint density at radius 2 is 1.29 bits per heavy atom. The van der Waals surface area contributed by atoms with Crippen LogP contribution < -0.4 is 0 Å². The molecule has 0 atom stereocenters. The monoisotopic (exact) mass is 294 g/mol. The first kappa shape index (κ1) is 15.6. The highest BCUT2D eigenvalue weighted by molar-refractivity contribution is 6.04. The molecule has 0 radical (unpaired) electrons. The number of carbonyl (C=O) groups is 2. The van der Waals surface area contributed by atoms with E-state index in [1.54, 1.807) is 13.8 Å². The van der Waals surface area contributed by atoms with E-state index in [1.807, 2.05) is 0 Å². The van der Waals surface area contributed by atoms with E-state index in [0.717, 1.165) is 25.7 Å². The number of fused-ring (bicyclic) bond motifs is 2. The van der Waals surface area contributed by atoms with Crippen molar-refractivity contribution in [3.63, 3.8) is 0 Å². The van der Waals surface area contributed by atoms with Gasteiger partial charge in [0.2, 0.25) is 0 Å². The fourth-order valence-electron chi connectivity index (χ4n) is 2.64. The molecule has 1 aromatic heterocycles. The summed E-state index contributed by atoms with van der Waals surface area (Å²) in [5.74, 6) is 0.138. The summed E-state index contributed by atoms with van der Waals surface area (Å²) in [4.78, 5) is 24.4. The van der Waals surface area contributed by atoms with E-state index >= 15 is 0 Å². The molecule has 0 fully saturated rings. The third-order valence-electron chi connectivity index (χ3n) is 3.57. The molecule has 0 unspecified atom stereocenters. The van der Waals surface area contributed by atoms with Crippen molar-refractivity contribution in [2.75, 3.05) is 13.2 Å². The third kappa shape index (κ3) is 3.46. The summed E-state index contributed by atoms with van der Waals surface area (Å²) in [6, 6.07) is 0. The van der Waals surface area contributed by atoms with Crippen molar-refractivity contribution in [2.24, 2.45) is 0 Å². The Kier molecular flexibility index (Phi) is 5.42. The molecule has 116 valence electrons. The van der Waals surface area contributed by atoms with Gasteiger partial charge < -0.3 is 13.9 Å². The molecule has 5 nitrogen and oxygen atoms in total. The Hall–Kier alpha value is -1.78. The lowest BCUT2D eigenvalue weighted by molar-refractivity contribution is 0.0478. The van der Waals surface area contributed by atoms with Gasteiger partial charge in [-0.15, -0.1) is 0 Å². The number of rotatable bonds is 4. The number of furan rings is 1. The molecule has 2 rings (SSSR count). The summed E-state index contributed by atoms with van der Waals surface area (Å²) >= 11 is 0. The van der Waals surface area contributed by atoms with Gasteiger partial charge in [0.25, 0.3) is 0 Å². The quantitative estimate of drug-likeness (QED) is 0.797. The standard InChI is InChI=1S/C16H22O5/c1-3-19-15(17)13-11-9-7-5-6-8-10-12(21-11)14(13)16(18)20-4-2/h3-10H2,1-2H3. The van der Waals surface area contributed by atoms with Crippen LogP contribution in [0, 0.1) is 0 Å². The molecular weight excluding hydrogens is 272 g/mol. The predicted molar refractivity (Wildman–Crippen MR) is 76.5 cm³/mol. The van der Waals surface area contributed by atoms with E-state index in [0.29, 0.717) is 24.4 Å². The Balaban J connectivity index is 2.47. The van der Waals surface area contributed by atoms with Gasteiger partial charge in [-0.05, 0) is 26.7 Å². The zero-order valence-corrected chi connectivity index (χ0v) is 12.7. The number of hydrogen-bond acceptors (Lipinski definition) is 5. The normalized spacial score (nSPS) is 14.8. The van der Waals surface area contributed by atoms with Crippen molar-refractivity contribution in [3.8, 4) is 0 Å². The molecule has 2 bridgehead atoms. The first-order chi connectivity index (χ1) is 10.2. The lowest BCUT2D eigenvalue weighted by Gasteiger charge is -2.07. The Bertz CT molecular complexity index is 470. The van der Waals surface area contributed by atoms with Crippen LogP contribution in [-0.2, 0) is 22.3 Å². The predicted octanol–water partition coefficient (Wildman–Crippen LogP) is 3.29. The number of ether oxygens (including phenoxy) is 2. The largest absolute Gasteiger partial charge is 0.464 e. The van der Waals surface area contributed by atoms with E-state index in [1.165, 1.54) is 0 Å². The molecular formula is C16H22O5. The fourth-order valence-corrected chi connectivity index (χ4v) is 2.64. The van der Waals surface area contributed by atoms with Gasteiger partial charge in [0.1, 0.15) is 22.6 Å². The minimum absolute atomic E-state index is 0.265. The number of aryl methyl sites for hydroxylation is 2. The molecule has 0 saturated heterocycles. The number of carbonyl (C=O) groups excluding carboxylic acids is 2. The first-order valence-corrected chi connectivity index (χ1v) is 7.67. The maximum Gasteiger partial charge on any atom is 0.342 e. The van der Waals surface area contributed by atoms with Crippen LogP contribution >= 0.6 is 0 Å². The second-order valence-electron chi connectivity index (χ2n) is 5.05. The Morgan fingerprint density at radius 1 is 0.857 bits per heavy atom. The van der Waals surface area contributed by atoms with Crippen LogP contribution in [-0.4, -0.2) is 25.2 Å². The first-order valence-electron chi connectivity index (χ1n) is 7.67. The van der Waals surface area contributed by atoms with Crippen molar-refractivity contribution in [1.82, 2.24) is 0 Å². The molecule has 2 heterocycles. The summed E-state index contributed by atoms with van der Waals surface area (Å²) in [6.07, 6.45) is 5.40. The van der Waals surface area contributed by atoms with Gasteiger partial charge in [0.15, 0.2) is 0 Å². The summed E-state index contributed by atoms with van der Waals surface area (Å²) in [7, 11) is 0. The Morgan fingerprint density at radius 3 is 1.67 bits per heavy atom. The maximum absolute atomic E-state index is 12.2. The highest BCUT2D eigenvalue weighted by Crippen LogP contribution is 2.29. The lowest BCUT2D eigenvalue weighted by atomic mass is 10.00. The van der Waals surface area contributed by atoms with Crippen LogP contribution in [0.3, 0.4) is 0 Å². The molecule has 5 heteroatoms. The minimum Gasteiger partial charge on any atom is -0.464 e. The minimum atomic E-state index is -0.494. The molecule has 0 saturated carbocycles. The summed E-state index contributed by atoms with van der Waals surface area (Å²) in [5, 5.41) is 0. The van der Waals surface area contributed by atoms with E-state index in [4.69, 9.17) is 13.9 Å². The molecule has 0 N–H and O–H groups in total. The second kappa shape index (κ2) is 7.29. The Labute approximate surface area is 124 Å². The van der Waals surface area contributed by atoms with Gasteiger partial charge >= 0.3 is 11.9 Å². The van der Waals surface area contributed by atoms with E-state index in [-0.39, 0.29) is 24.3 Å². The molecule has 21 heavy (non-hydrogen) atoms. The number of esters is 2. The van der Waals surface area contributed by atoms with Crippen LogP contribution in [0.15, 0.2) is 4.42 Å². The van der Waals surface area contributed by atoms with Crippen LogP contribution in [0.1, 0.15) is 71.8 Å². The van der Waals surface area contributed by atoms with Gasteiger partial charge in [0, 0.05) is 12.8 Å². The maximum atomic E-state index is 12.2. The van der Waals surface area contributed by atoms with Crippen LogP contribution in [0.4, 0.5) is 0 Å². The zero-order chi connectivity index (χ0) is 15.2. The second-order valence-corrected chi connectivity index (χ2v) is 5.05. The number of hydrogen-bond donors (Lipinski definition) is 0. The summed E-state index contributed by atoms with van der Waals surface area (Å²) in [5.41, 5.74) is 0.541. The van der Waals surface area contributed by atoms with E-state index in [2.05, 4.69) is 0 Å². The van der Waals surface area contributed by atoms with Crippen molar-refractivity contribution in [1.29, 1.82) is 0 Å². The van der Waals surface area contributed by atoms with Crippen LogP contribution in [0.25, 0.3) is 0 Å². The highest BCUT2D eigenvalue weighted by atomic mass is 16.5. The van der Waals surface area contributed by atoms with Crippen molar-refractivity contribution in [3.05, 3.63) is 22.6 Å². The average molecular weight is 294 g/mol. The summed E-state index contributed by atoms with van der Waals surface area (Å²) < 4.78 is 16.0. The van der Waals surface area contributed by atoms with E-state index in [9.17, 15) is 9.59 Å². The molecule has 0 spiro atoms. The molecule has 1 aliphatic heterocycles. The summed E-state index contributed by atoms with van der Waals surface area (Å²) in [6.45, 7) is 4.01. The van der Waals surface area contributed by atoms with Gasteiger partial charge in [0.05, 0.1) is 13.2 Å². The highest BCUT2D eigenvalue weighted by Gasteiger charge is 2.31. The third-order valence-corrected chi connectivity index (χ3v) is 3.57. The molecule has 0 aliphatic carbocycles. The van der Waals surface area contributed by atoms with Crippen molar-refractivity contribution < 1.29 is 23.5 Å². The molecule has 1 aromatic rings. The van der Waals surface area contributed by atoms with E-state index < -0.39 is 11.9 Å². The van der Waals surface area contributed by atoms with Gasteiger partial charge in [-0.3, -0.25) is 0 Å². The van der Waals surface area contributed by atoms with Crippen molar-refractivity contribution >= 4 is 11.9 Å². The van der Waals surface area contributed by atoms with Gasteiger partial charge in [-0.1, -0.05) is 12.8 Å². The van der Waals surface area contributed by atoms with Crippen LogP contribution in [0.5, 0.6) is 0 Å². The topological polar surface area (TPSA) is 65.7 Å². The molecule has 1 aliphatic rings. The molecule has 0 amide bonds. The SMILES string of the molecule is CCOC(=O)c1c2oc(c1C(=O)OCC)CCCCCC2. The molecule has 0 aromatic carbocycles. The average Bonchev–Trinajstić information content (AvgIpc) is 2.86. The fraction of sp³-hybridized carbons (Fsp3) is 0.625. The zero-order valence-electron chi connectivity index (χ0n) is 12.7. The smallest absolute Gasteiger partial charge is 0.342 e. The lowest BCUT2D eigenvalue weighted by Crippen LogP contribution is -2.15. The van der Waals surface area contributed by atoms with Gasteiger partial charge in [-0.2, -0.15) is 0 Å². The van der Waals surface area contributed by atoms with Gasteiger partial charge in [-0.25, -0.2) is 9.59 Å². The van der Waals surface area contributed by atoms with Crippen molar-refractivity contribution in [2.45, 2.75) is 52.4 Å².